The van der Waals surface area contributed by atoms with Gasteiger partial charge in [0.2, 0.25) is 0 Å². The Morgan fingerprint density at radius 1 is 1.16 bits per heavy atom. The highest BCUT2D eigenvalue weighted by Crippen LogP contribution is 2.37. The smallest absolute Gasteiger partial charge is 0.161 e. The van der Waals surface area contributed by atoms with Gasteiger partial charge >= 0.3 is 0 Å². The maximum absolute atomic E-state index is 9.84. The molecule has 1 aromatic carbocycles. The molecule has 0 aromatic heterocycles. The highest BCUT2D eigenvalue weighted by atomic mass is 16.5. The molecule has 2 heterocycles. The Bertz CT molecular complexity index is 441. The van der Waals surface area contributed by atoms with Crippen LogP contribution >= 0.6 is 0 Å². The summed E-state index contributed by atoms with van der Waals surface area (Å²) in [6.45, 7) is 3.43. The van der Waals surface area contributed by atoms with Crippen LogP contribution in [0.15, 0.2) is 18.2 Å². The predicted molar refractivity (Wildman–Crippen MR) is 72.9 cm³/mol. The summed E-state index contributed by atoms with van der Waals surface area (Å²) in [4.78, 5) is 0. The largest absolute Gasteiger partial charge is 0.490 e. The summed E-state index contributed by atoms with van der Waals surface area (Å²) in [6.07, 6.45) is 3.02. The first-order valence-electron chi connectivity index (χ1n) is 7.06. The van der Waals surface area contributed by atoms with E-state index in [4.69, 9.17) is 9.47 Å². The van der Waals surface area contributed by atoms with Crippen molar-refractivity contribution in [3.63, 3.8) is 0 Å². The van der Waals surface area contributed by atoms with E-state index in [9.17, 15) is 5.11 Å². The van der Waals surface area contributed by atoms with Gasteiger partial charge in [-0.2, -0.15) is 0 Å². The number of ether oxygens (including phenoxy) is 2. The van der Waals surface area contributed by atoms with E-state index >= 15 is 0 Å². The zero-order valence-corrected chi connectivity index (χ0v) is 11.2. The third kappa shape index (κ3) is 2.42. The molecule has 2 aliphatic rings. The second-order valence-corrected chi connectivity index (χ2v) is 5.43. The van der Waals surface area contributed by atoms with E-state index in [-0.39, 0.29) is 12.0 Å². The number of nitrogens with one attached hydrogen (secondary N) is 1. The van der Waals surface area contributed by atoms with Crippen molar-refractivity contribution in [3.05, 3.63) is 23.8 Å². The maximum atomic E-state index is 9.84. The van der Waals surface area contributed by atoms with Gasteiger partial charge in [0.25, 0.3) is 0 Å². The second kappa shape index (κ2) is 5.39. The SMILES string of the molecule is OCC1(c2ccc3c(c2)OCCCO3)CCCNC1. The van der Waals surface area contributed by atoms with Crippen LogP contribution in [-0.2, 0) is 5.41 Å². The zero-order valence-electron chi connectivity index (χ0n) is 11.2. The maximum Gasteiger partial charge on any atom is 0.161 e. The first-order chi connectivity index (χ1) is 9.34. The van der Waals surface area contributed by atoms with Gasteiger partial charge in [-0.25, -0.2) is 0 Å². The minimum absolute atomic E-state index is 0.166. The average molecular weight is 263 g/mol. The van der Waals surface area contributed by atoms with Gasteiger partial charge in [0.1, 0.15) is 0 Å². The monoisotopic (exact) mass is 263 g/mol. The van der Waals surface area contributed by atoms with E-state index in [2.05, 4.69) is 11.4 Å². The Labute approximate surface area is 113 Å². The van der Waals surface area contributed by atoms with Gasteiger partial charge in [0, 0.05) is 18.4 Å². The molecular formula is C15H21NO3. The van der Waals surface area contributed by atoms with Crippen molar-refractivity contribution >= 4 is 0 Å². The normalized spacial score (nSPS) is 26.8. The summed E-state index contributed by atoms with van der Waals surface area (Å²) in [7, 11) is 0. The van der Waals surface area contributed by atoms with E-state index in [1.54, 1.807) is 0 Å². The van der Waals surface area contributed by atoms with Crippen LogP contribution in [0.1, 0.15) is 24.8 Å². The molecule has 0 radical (unpaired) electrons. The van der Waals surface area contributed by atoms with E-state index < -0.39 is 0 Å². The van der Waals surface area contributed by atoms with Crippen molar-refractivity contribution in [2.45, 2.75) is 24.7 Å². The molecule has 3 rings (SSSR count). The first kappa shape index (κ1) is 12.8. The van der Waals surface area contributed by atoms with E-state index in [1.165, 1.54) is 0 Å². The fourth-order valence-corrected chi connectivity index (χ4v) is 2.93. The van der Waals surface area contributed by atoms with Crippen molar-refractivity contribution in [1.29, 1.82) is 0 Å². The van der Waals surface area contributed by atoms with Crippen LogP contribution in [0.4, 0.5) is 0 Å². The van der Waals surface area contributed by atoms with E-state index in [1.807, 2.05) is 12.1 Å². The highest BCUT2D eigenvalue weighted by Gasteiger charge is 2.34. The quantitative estimate of drug-likeness (QED) is 0.848. The molecule has 4 heteroatoms. The van der Waals surface area contributed by atoms with Gasteiger partial charge in [-0.1, -0.05) is 6.07 Å². The van der Waals surface area contributed by atoms with Gasteiger partial charge in [-0.15, -0.1) is 0 Å². The number of piperidine rings is 1. The van der Waals surface area contributed by atoms with Crippen LogP contribution in [-0.4, -0.2) is 38.0 Å². The lowest BCUT2D eigenvalue weighted by Crippen LogP contribution is -2.45. The minimum Gasteiger partial charge on any atom is -0.490 e. The van der Waals surface area contributed by atoms with Crippen molar-refractivity contribution in [2.24, 2.45) is 0 Å². The highest BCUT2D eigenvalue weighted by molar-refractivity contribution is 5.46. The molecule has 1 atom stereocenters. The standard InChI is InChI=1S/C15H21NO3/c17-11-15(5-1-6-16-10-15)12-3-4-13-14(9-12)19-8-2-7-18-13/h3-4,9,16-17H,1-2,5-8,10-11H2. The Kier molecular flexibility index (Phi) is 3.62. The summed E-state index contributed by atoms with van der Waals surface area (Å²) < 4.78 is 11.4. The Morgan fingerprint density at radius 3 is 2.74 bits per heavy atom. The van der Waals surface area contributed by atoms with Gasteiger partial charge in [-0.3, -0.25) is 0 Å². The lowest BCUT2D eigenvalue weighted by Gasteiger charge is -2.36. The Morgan fingerprint density at radius 2 is 2.00 bits per heavy atom. The van der Waals surface area contributed by atoms with E-state index in [0.717, 1.165) is 49.4 Å². The van der Waals surface area contributed by atoms with E-state index in [0.29, 0.717) is 13.2 Å². The van der Waals surface area contributed by atoms with Crippen molar-refractivity contribution in [1.82, 2.24) is 5.32 Å². The summed E-state index contributed by atoms with van der Waals surface area (Å²) in [6, 6.07) is 6.09. The molecule has 0 amide bonds. The molecule has 1 saturated heterocycles. The molecule has 1 aromatic rings. The van der Waals surface area contributed by atoms with Crippen molar-refractivity contribution < 1.29 is 14.6 Å². The van der Waals surface area contributed by atoms with Crippen LogP contribution in [0, 0.1) is 0 Å². The summed E-state index contributed by atoms with van der Waals surface area (Å²) >= 11 is 0. The average Bonchev–Trinajstić information content (AvgIpc) is 2.72. The lowest BCUT2D eigenvalue weighted by atomic mass is 9.75. The summed E-state index contributed by atoms with van der Waals surface area (Å²) in [5.74, 6) is 1.63. The second-order valence-electron chi connectivity index (χ2n) is 5.43. The topological polar surface area (TPSA) is 50.7 Å². The number of benzene rings is 1. The lowest BCUT2D eigenvalue weighted by molar-refractivity contribution is 0.162. The zero-order chi connectivity index (χ0) is 13.1. The number of hydrogen-bond acceptors (Lipinski definition) is 4. The summed E-state index contributed by atoms with van der Waals surface area (Å²) in [5.41, 5.74) is 0.967. The number of fused-ring (bicyclic) bond motifs is 1. The molecule has 2 N–H and O–H groups in total. The van der Waals surface area contributed by atoms with Crippen LogP contribution in [0.5, 0.6) is 11.5 Å². The number of rotatable bonds is 2. The number of aliphatic hydroxyl groups excluding tert-OH is 1. The number of hydrogen-bond donors (Lipinski definition) is 2. The molecule has 2 aliphatic heterocycles. The fourth-order valence-electron chi connectivity index (χ4n) is 2.93. The molecule has 1 unspecified atom stereocenters. The third-order valence-corrected chi connectivity index (χ3v) is 4.13. The van der Waals surface area contributed by atoms with Crippen LogP contribution in [0.2, 0.25) is 0 Å². The van der Waals surface area contributed by atoms with Gasteiger partial charge in [0.15, 0.2) is 11.5 Å². The van der Waals surface area contributed by atoms with Crippen molar-refractivity contribution in [3.8, 4) is 11.5 Å². The molecule has 19 heavy (non-hydrogen) atoms. The molecule has 0 spiro atoms. The molecule has 104 valence electrons. The molecule has 0 aliphatic carbocycles. The fraction of sp³-hybridized carbons (Fsp3) is 0.600. The predicted octanol–water partition coefficient (Wildman–Crippen LogP) is 1.46. The summed E-state index contributed by atoms with van der Waals surface area (Å²) in [5, 5.41) is 13.2. The van der Waals surface area contributed by atoms with Gasteiger partial charge < -0.3 is 19.9 Å². The molecule has 4 nitrogen and oxygen atoms in total. The third-order valence-electron chi connectivity index (χ3n) is 4.13. The van der Waals surface area contributed by atoms with Crippen LogP contribution in [0.3, 0.4) is 0 Å². The Balaban J connectivity index is 1.93. The molecule has 0 saturated carbocycles. The van der Waals surface area contributed by atoms with Gasteiger partial charge in [-0.05, 0) is 37.1 Å². The van der Waals surface area contributed by atoms with Crippen LogP contribution in [0.25, 0.3) is 0 Å². The Hall–Kier alpha value is -1.26. The molecule has 1 fully saturated rings. The van der Waals surface area contributed by atoms with Crippen LogP contribution < -0.4 is 14.8 Å². The van der Waals surface area contributed by atoms with Gasteiger partial charge in [0.05, 0.1) is 19.8 Å². The van der Waals surface area contributed by atoms with Crippen molar-refractivity contribution in [2.75, 3.05) is 32.9 Å². The molecular weight excluding hydrogens is 242 g/mol. The molecule has 0 bridgehead atoms. The minimum atomic E-state index is -0.178. The first-order valence-corrected chi connectivity index (χ1v) is 7.06. The number of aliphatic hydroxyl groups is 1.